The summed E-state index contributed by atoms with van der Waals surface area (Å²) in [6, 6.07) is 3.94. The van der Waals surface area contributed by atoms with Gasteiger partial charge in [0.15, 0.2) is 0 Å². The zero-order valence-corrected chi connectivity index (χ0v) is 11.2. The van der Waals surface area contributed by atoms with Crippen molar-refractivity contribution in [2.24, 2.45) is 11.7 Å². The van der Waals surface area contributed by atoms with Crippen LogP contribution >= 0.6 is 24.8 Å². The van der Waals surface area contributed by atoms with Crippen molar-refractivity contribution in [3.8, 4) is 0 Å². The maximum Gasteiger partial charge on any atom is 0.0756 e. The van der Waals surface area contributed by atoms with E-state index in [1.807, 2.05) is 12.1 Å². The highest BCUT2D eigenvalue weighted by atomic mass is 35.5. The molecule has 1 aromatic heterocycles. The largest absolute Gasteiger partial charge is 0.372 e. The Labute approximate surface area is 114 Å². The average Bonchev–Trinajstić information content (AvgIpc) is 2.75. The predicted molar refractivity (Wildman–Crippen MR) is 72.7 cm³/mol. The minimum atomic E-state index is 0. The number of halogens is 2. The molecule has 17 heavy (non-hydrogen) atoms. The summed E-state index contributed by atoms with van der Waals surface area (Å²) in [6.45, 7) is 3.21. The topological polar surface area (TPSA) is 60.2 Å². The SMILES string of the molecule is Cl.Cl.NCC1CNCC1OCc1ccncc1. The fourth-order valence-electron chi connectivity index (χ4n) is 1.82. The third-order valence-corrected chi connectivity index (χ3v) is 2.79. The van der Waals surface area contributed by atoms with Crippen molar-refractivity contribution in [2.75, 3.05) is 19.6 Å². The molecule has 1 aromatic rings. The number of hydrogen-bond acceptors (Lipinski definition) is 4. The molecule has 3 N–H and O–H groups in total. The molecule has 0 saturated carbocycles. The fraction of sp³-hybridized carbons (Fsp3) is 0.545. The number of nitrogens with one attached hydrogen (secondary N) is 1. The first-order chi connectivity index (χ1) is 7.40. The molecule has 1 saturated heterocycles. The van der Waals surface area contributed by atoms with Crippen molar-refractivity contribution < 1.29 is 4.74 Å². The second-order valence-corrected chi connectivity index (χ2v) is 3.86. The van der Waals surface area contributed by atoms with Gasteiger partial charge in [0.2, 0.25) is 0 Å². The first-order valence-corrected chi connectivity index (χ1v) is 5.31. The number of nitrogens with two attached hydrogens (primary N) is 1. The van der Waals surface area contributed by atoms with E-state index in [-0.39, 0.29) is 30.9 Å². The van der Waals surface area contributed by atoms with Crippen molar-refractivity contribution >= 4 is 24.8 Å². The Kier molecular flexibility index (Phi) is 8.47. The summed E-state index contributed by atoms with van der Waals surface area (Å²) in [5.41, 5.74) is 6.82. The van der Waals surface area contributed by atoms with Gasteiger partial charge in [0.05, 0.1) is 12.7 Å². The van der Waals surface area contributed by atoms with Crippen LogP contribution < -0.4 is 11.1 Å². The molecule has 6 heteroatoms. The molecule has 98 valence electrons. The molecular formula is C11H19Cl2N3O. The standard InChI is InChI=1S/C11H17N3O.2ClH/c12-5-10-6-14-7-11(10)15-8-9-1-3-13-4-2-9;;/h1-4,10-11,14H,5-8,12H2;2*1H. The first-order valence-electron chi connectivity index (χ1n) is 5.31. The van der Waals surface area contributed by atoms with Gasteiger partial charge in [-0.15, -0.1) is 24.8 Å². The monoisotopic (exact) mass is 279 g/mol. The molecule has 2 unspecified atom stereocenters. The predicted octanol–water partition coefficient (Wildman–Crippen LogP) is 0.988. The number of nitrogens with zero attached hydrogens (tertiary/aromatic N) is 1. The number of aromatic nitrogens is 1. The zero-order chi connectivity index (χ0) is 10.5. The van der Waals surface area contributed by atoms with Gasteiger partial charge >= 0.3 is 0 Å². The molecule has 2 atom stereocenters. The summed E-state index contributed by atoms with van der Waals surface area (Å²) in [7, 11) is 0. The molecule has 2 rings (SSSR count). The Morgan fingerprint density at radius 3 is 2.65 bits per heavy atom. The minimum Gasteiger partial charge on any atom is -0.372 e. The Bertz CT molecular complexity index is 300. The van der Waals surface area contributed by atoms with E-state index in [4.69, 9.17) is 10.5 Å². The number of ether oxygens (including phenoxy) is 1. The number of pyridine rings is 1. The smallest absolute Gasteiger partial charge is 0.0756 e. The normalized spacial score (nSPS) is 22.6. The summed E-state index contributed by atoms with van der Waals surface area (Å²) < 4.78 is 5.82. The molecule has 1 fully saturated rings. The lowest BCUT2D eigenvalue weighted by atomic mass is 10.1. The van der Waals surface area contributed by atoms with Crippen LogP contribution in [-0.4, -0.2) is 30.7 Å². The van der Waals surface area contributed by atoms with Crippen LogP contribution in [0, 0.1) is 5.92 Å². The quantitative estimate of drug-likeness (QED) is 0.863. The molecule has 0 spiro atoms. The van der Waals surface area contributed by atoms with Crippen molar-refractivity contribution in [2.45, 2.75) is 12.7 Å². The van der Waals surface area contributed by atoms with E-state index in [0.717, 1.165) is 18.7 Å². The fourth-order valence-corrected chi connectivity index (χ4v) is 1.82. The van der Waals surface area contributed by atoms with E-state index in [1.165, 1.54) is 0 Å². The lowest BCUT2D eigenvalue weighted by Crippen LogP contribution is -2.28. The Morgan fingerprint density at radius 2 is 2.00 bits per heavy atom. The van der Waals surface area contributed by atoms with Crippen molar-refractivity contribution in [3.05, 3.63) is 30.1 Å². The molecule has 0 aromatic carbocycles. The van der Waals surface area contributed by atoms with Crippen LogP contribution in [0.1, 0.15) is 5.56 Å². The number of rotatable bonds is 4. The summed E-state index contributed by atoms with van der Waals surface area (Å²) in [5, 5.41) is 3.29. The van der Waals surface area contributed by atoms with Crippen LogP contribution in [0.4, 0.5) is 0 Å². The van der Waals surface area contributed by atoms with Crippen LogP contribution in [0.2, 0.25) is 0 Å². The average molecular weight is 280 g/mol. The lowest BCUT2D eigenvalue weighted by molar-refractivity contribution is 0.0280. The highest BCUT2D eigenvalue weighted by Crippen LogP contribution is 2.13. The molecule has 1 aliphatic heterocycles. The first kappa shape index (κ1) is 16.6. The highest BCUT2D eigenvalue weighted by Gasteiger charge is 2.26. The van der Waals surface area contributed by atoms with Gasteiger partial charge in [-0.1, -0.05) is 0 Å². The summed E-state index contributed by atoms with van der Waals surface area (Å²) in [6.07, 6.45) is 3.82. The Hall–Kier alpha value is -0.390. The molecule has 0 bridgehead atoms. The molecule has 1 aliphatic rings. The zero-order valence-electron chi connectivity index (χ0n) is 9.54. The minimum absolute atomic E-state index is 0. The van der Waals surface area contributed by atoms with Crippen LogP contribution in [-0.2, 0) is 11.3 Å². The second kappa shape index (κ2) is 8.66. The van der Waals surface area contributed by atoms with Crippen LogP contribution in [0.5, 0.6) is 0 Å². The second-order valence-electron chi connectivity index (χ2n) is 3.86. The molecule has 4 nitrogen and oxygen atoms in total. The van der Waals surface area contributed by atoms with E-state index >= 15 is 0 Å². The third-order valence-electron chi connectivity index (χ3n) is 2.79. The van der Waals surface area contributed by atoms with E-state index < -0.39 is 0 Å². The van der Waals surface area contributed by atoms with Gasteiger partial charge in [-0.25, -0.2) is 0 Å². The Balaban J connectivity index is 0.00000128. The van der Waals surface area contributed by atoms with E-state index in [0.29, 0.717) is 19.1 Å². The van der Waals surface area contributed by atoms with Crippen LogP contribution in [0.3, 0.4) is 0 Å². The molecule has 0 amide bonds. The van der Waals surface area contributed by atoms with Gasteiger partial charge in [0, 0.05) is 31.4 Å². The van der Waals surface area contributed by atoms with Gasteiger partial charge < -0.3 is 15.8 Å². The molecule has 2 heterocycles. The third kappa shape index (κ3) is 4.77. The van der Waals surface area contributed by atoms with Crippen molar-refractivity contribution in [1.82, 2.24) is 10.3 Å². The molecule has 0 radical (unpaired) electrons. The summed E-state index contributed by atoms with van der Waals surface area (Å²) >= 11 is 0. The maximum absolute atomic E-state index is 5.82. The highest BCUT2D eigenvalue weighted by molar-refractivity contribution is 5.85. The summed E-state index contributed by atoms with van der Waals surface area (Å²) in [5.74, 6) is 0.451. The van der Waals surface area contributed by atoms with Crippen molar-refractivity contribution in [3.63, 3.8) is 0 Å². The lowest BCUT2D eigenvalue weighted by Gasteiger charge is -2.17. The Morgan fingerprint density at radius 1 is 1.29 bits per heavy atom. The van der Waals surface area contributed by atoms with E-state index in [9.17, 15) is 0 Å². The maximum atomic E-state index is 5.82. The van der Waals surface area contributed by atoms with Crippen molar-refractivity contribution in [1.29, 1.82) is 0 Å². The van der Waals surface area contributed by atoms with Gasteiger partial charge in [-0.3, -0.25) is 4.98 Å². The van der Waals surface area contributed by atoms with E-state index in [1.54, 1.807) is 12.4 Å². The van der Waals surface area contributed by atoms with Gasteiger partial charge in [-0.05, 0) is 24.2 Å². The molecule has 0 aliphatic carbocycles. The van der Waals surface area contributed by atoms with Crippen LogP contribution in [0.15, 0.2) is 24.5 Å². The molecular weight excluding hydrogens is 261 g/mol. The number of hydrogen-bond donors (Lipinski definition) is 2. The summed E-state index contributed by atoms with van der Waals surface area (Å²) in [4.78, 5) is 3.97. The van der Waals surface area contributed by atoms with Gasteiger partial charge in [-0.2, -0.15) is 0 Å². The van der Waals surface area contributed by atoms with E-state index in [2.05, 4.69) is 10.3 Å². The van der Waals surface area contributed by atoms with Gasteiger partial charge in [0.1, 0.15) is 0 Å². The van der Waals surface area contributed by atoms with Gasteiger partial charge in [0.25, 0.3) is 0 Å². The van der Waals surface area contributed by atoms with Crippen LogP contribution in [0.25, 0.3) is 0 Å².